The zero-order valence-electron chi connectivity index (χ0n) is 12.7. The molecule has 1 unspecified atom stereocenters. The molecule has 1 saturated heterocycles. The van der Waals surface area contributed by atoms with Crippen LogP contribution in [0.1, 0.15) is 18.4 Å². The van der Waals surface area contributed by atoms with E-state index in [-0.39, 0.29) is 6.04 Å². The van der Waals surface area contributed by atoms with E-state index in [1.54, 1.807) is 11.3 Å². The Morgan fingerprint density at radius 2 is 2.05 bits per heavy atom. The van der Waals surface area contributed by atoms with Gasteiger partial charge in [0.05, 0.1) is 16.8 Å². The molecular weight excluding hydrogens is 298 g/mol. The normalized spacial score (nSPS) is 18.6. The molecule has 0 aliphatic carbocycles. The van der Waals surface area contributed by atoms with Crippen LogP contribution in [0.25, 0.3) is 10.2 Å². The molecule has 1 fully saturated rings. The van der Waals surface area contributed by atoms with Gasteiger partial charge < -0.3 is 5.11 Å². The van der Waals surface area contributed by atoms with Gasteiger partial charge in [0.25, 0.3) is 0 Å². The van der Waals surface area contributed by atoms with Crippen molar-refractivity contribution in [2.75, 3.05) is 26.2 Å². The Balaban J connectivity index is 1.58. The molecule has 22 heavy (non-hydrogen) atoms. The third-order valence-corrected chi connectivity index (χ3v) is 5.24. The number of rotatable bonds is 5. The lowest BCUT2D eigenvalue weighted by molar-refractivity contribution is -0.144. The number of hydrogen-bond donors (Lipinski definition) is 1. The molecule has 6 heteroatoms. The first-order valence-electron chi connectivity index (χ1n) is 7.71. The molecule has 5 nitrogen and oxygen atoms in total. The second-order valence-corrected chi connectivity index (χ2v) is 6.76. The average molecular weight is 319 g/mol. The molecule has 1 aromatic carbocycles. The van der Waals surface area contributed by atoms with E-state index in [2.05, 4.69) is 20.9 Å². The number of aliphatic carboxylic acids is 1. The number of carbonyl (C=O) groups is 1. The second-order valence-electron chi connectivity index (χ2n) is 5.65. The summed E-state index contributed by atoms with van der Waals surface area (Å²) in [6, 6.07) is 7.87. The van der Waals surface area contributed by atoms with E-state index in [1.807, 2.05) is 25.1 Å². The maximum atomic E-state index is 11.2. The molecule has 2 heterocycles. The minimum Gasteiger partial charge on any atom is -0.480 e. The Kier molecular flexibility index (Phi) is 4.71. The van der Waals surface area contributed by atoms with Gasteiger partial charge in [0.2, 0.25) is 0 Å². The van der Waals surface area contributed by atoms with Gasteiger partial charge in [-0.05, 0) is 18.6 Å². The first kappa shape index (κ1) is 15.4. The van der Waals surface area contributed by atoms with Gasteiger partial charge in [0, 0.05) is 26.2 Å². The van der Waals surface area contributed by atoms with Crippen molar-refractivity contribution in [2.24, 2.45) is 0 Å². The van der Waals surface area contributed by atoms with E-state index in [1.165, 1.54) is 4.70 Å². The molecule has 0 bridgehead atoms. The fraction of sp³-hybridized carbons (Fsp3) is 0.500. The Hall–Kier alpha value is -1.50. The van der Waals surface area contributed by atoms with Crippen LogP contribution in [0.4, 0.5) is 0 Å². The smallest absolute Gasteiger partial charge is 0.320 e. The molecule has 1 aliphatic rings. The van der Waals surface area contributed by atoms with Crippen LogP contribution in [0.5, 0.6) is 0 Å². The average Bonchev–Trinajstić information content (AvgIpc) is 2.91. The van der Waals surface area contributed by atoms with Gasteiger partial charge in [-0.15, -0.1) is 11.3 Å². The summed E-state index contributed by atoms with van der Waals surface area (Å²) >= 11 is 1.75. The Labute approximate surface area is 134 Å². The summed E-state index contributed by atoms with van der Waals surface area (Å²) in [6.07, 6.45) is 0.660. The monoisotopic (exact) mass is 319 g/mol. The van der Waals surface area contributed by atoms with Crippen molar-refractivity contribution in [3.63, 3.8) is 0 Å². The summed E-state index contributed by atoms with van der Waals surface area (Å²) < 4.78 is 1.23. The lowest BCUT2D eigenvalue weighted by Crippen LogP contribution is -2.52. The third-order valence-electron chi connectivity index (χ3n) is 4.22. The fourth-order valence-electron chi connectivity index (χ4n) is 3.00. The SMILES string of the molecule is CCC(C(=O)O)N1CCN(Cc2nc3ccccc3s2)CC1. The van der Waals surface area contributed by atoms with Crippen molar-refractivity contribution in [3.05, 3.63) is 29.3 Å². The molecule has 2 aromatic rings. The van der Waals surface area contributed by atoms with Crippen LogP contribution in [0.2, 0.25) is 0 Å². The summed E-state index contributed by atoms with van der Waals surface area (Å²) in [5.74, 6) is -0.706. The molecule has 3 rings (SSSR count). The van der Waals surface area contributed by atoms with Gasteiger partial charge in [-0.2, -0.15) is 0 Å². The summed E-state index contributed by atoms with van der Waals surface area (Å²) in [4.78, 5) is 20.4. The number of benzene rings is 1. The molecule has 0 spiro atoms. The van der Waals surface area contributed by atoms with Gasteiger partial charge in [-0.1, -0.05) is 19.1 Å². The standard InChI is InChI=1S/C16H21N3O2S/c1-2-13(16(20)21)19-9-7-18(8-10-19)11-15-17-12-5-3-4-6-14(12)22-15/h3-6,13H,2,7-11H2,1H3,(H,20,21). The van der Waals surface area contributed by atoms with Gasteiger partial charge in [0.15, 0.2) is 0 Å². The van der Waals surface area contributed by atoms with Gasteiger partial charge in [-0.3, -0.25) is 14.6 Å². The first-order valence-corrected chi connectivity index (χ1v) is 8.52. The molecule has 1 aliphatic heterocycles. The van der Waals surface area contributed by atoms with Gasteiger partial charge in [0.1, 0.15) is 11.0 Å². The summed E-state index contributed by atoms with van der Waals surface area (Å²) in [7, 11) is 0. The third kappa shape index (κ3) is 3.29. The van der Waals surface area contributed by atoms with Crippen molar-refractivity contribution >= 4 is 27.5 Å². The molecule has 1 atom stereocenters. The quantitative estimate of drug-likeness (QED) is 0.916. The van der Waals surface area contributed by atoms with E-state index in [0.29, 0.717) is 6.42 Å². The van der Waals surface area contributed by atoms with E-state index in [4.69, 9.17) is 0 Å². The van der Waals surface area contributed by atoms with Crippen LogP contribution in [0.3, 0.4) is 0 Å². The molecule has 0 radical (unpaired) electrons. The molecular formula is C16H21N3O2S. The van der Waals surface area contributed by atoms with Crippen LogP contribution in [-0.2, 0) is 11.3 Å². The van der Waals surface area contributed by atoms with E-state index >= 15 is 0 Å². The maximum absolute atomic E-state index is 11.2. The zero-order valence-corrected chi connectivity index (χ0v) is 13.6. The summed E-state index contributed by atoms with van der Waals surface area (Å²) in [6.45, 7) is 6.23. The van der Waals surface area contributed by atoms with Crippen LogP contribution < -0.4 is 0 Å². The van der Waals surface area contributed by atoms with Crippen LogP contribution in [-0.4, -0.2) is 58.1 Å². The topological polar surface area (TPSA) is 56.7 Å². The van der Waals surface area contributed by atoms with Gasteiger partial charge >= 0.3 is 5.97 Å². The van der Waals surface area contributed by atoms with Crippen LogP contribution in [0, 0.1) is 0 Å². The molecule has 0 saturated carbocycles. The first-order chi connectivity index (χ1) is 10.7. The van der Waals surface area contributed by atoms with E-state index in [9.17, 15) is 9.90 Å². The zero-order chi connectivity index (χ0) is 15.5. The second kappa shape index (κ2) is 6.73. The number of carboxylic acid groups (broad SMARTS) is 1. The van der Waals surface area contributed by atoms with Crippen molar-refractivity contribution in [1.82, 2.24) is 14.8 Å². The minimum absolute atomic E-state index is 0.343. The predicted octanol–water partition coefficient (Wildman–Crippen LogP) is 2.28. The summed E-state index contributed by atoms with van der Waals surface area (Å²) in [5.41, 5.74) is 1.07. The van der Waals surface area contributed by atoms with E-state index < -0.39 is 5.97 Å². The lowest BCUT2D eigenvalue weighted by atomic mass is 10.1. The number of piperazine rings is 1. The maximum Gasteiger partial charge on any atom is 0.320 e. The molecule has 0 amide bonds. The number of aromatic nitrogens is 1. The fourth-order valence-corrected chi connectivity index (χ4v) is 4.01. The predicted molar refractivity (Wildman–Crippen MR) is 88.2 cm³/mol. The van der Waals surface area contributed by atoms with Crippen molar-refractivity contribution in [3.8, 4) is 0 Å². The van der Waals surface area contributed by atoms with Gasteiger partial charge in [-0.25, -0.2) is 4.98 Å². The number of nitrogens with zero attached hydrogens (tertiary/aromatic N) is 3. The molecule has 1 aromatic heterocycles. The molecule has 1 N–H and O–H groups in total. The Bertz CT molecular complexity index is 617. The minimum atomic E-state index is -0.706. The lowest BCUT2D eigenvalue weighted by Gasteiger charge is -2.37. The number of thiazole rings is 1. The van der Waals surface area contributed by atoms with Crippen molar-refractivity contribution in [1.29, 1.82) is 0 Å². The number of fused-ring (bicyclic) bond motifs is 1. The Morgan fingerprint density at radius 1 is 1.32 bits per heavy atom. The van der Waals surface area contributed by atoms with Crippen LogP contribution in [0.15, 0.2) is 24.3 Å². The highest BCUT2D eigenvalue weighted by Gasteiger charge is 2.27. The van der Waals surface area contributed by atoms with E-state index in [0.717, 1.165) is 43.2 Å². The van der Waals surface area contributed by atoms with Crippen molar-refractivity contribution in [2.45, 2.75) is 25.9 Å². The van der Waals surface area contributed by atoms with Crippen LogP contribution >= 0.6 is 11.3 Å². The summed E-state index contributed by atoms with van der Waals surface area (Å²) in [5, 5.41) is 10.4. The Morgan fingerprint density at radius 3 is 2.68 bits per heavy atom. The van der Waals surface area contributed by atoms with Crippen molar-refractivity contribution < 1.29 is 9.90 Å². The highest BCUT2D eigenvalue weighted by Crippen LogP contribution is 2.23. The number of para-hydroxylation sites is 1. The number of hydrogen-bond acceptors (Lipinski definition) is 5. The highest BCUT2D eigenvalue weighted by atomic mass is 32.1. The highest BCUT2D eigenvalue weighted by molar-refractivity contribution is 7.18. The number of carboxylic acids is 1. The largest absolute Gasteiger partial charge is 0.480 e. The molecule has 118 valence electrons.